The van der Waals surface area contributed by atoms with Crippen LogP contribution < -0.4 is 5.32 Å². The maximum atomic E-state index is 12.4. The predicted octanol–water partition coefficient (Wildman–Crippen LogP) is 3.08. The molecule has 0 saturated heterocycles. The van der Waals surface area contributed by atoms with Crippen molar-refractivity contribution in [1.29, 1.82) is 0 Å². The van der Waals surface area contributed by atoms with Gasteiger partial charge in [-0.1, -0.05) is 25.2 Å². The molecule has 0 radical (unpaired) electrons. The summed E-state index contributed by atoms with van der Waals surface area (Å²) in [5, 5.41) is 23.2. The van der Waals surface area contributed by atoms with Gasteiger partial charge in [-0.05, 0) is 18.1 Å². The molecule has 3 aromatic rings. The van der Waals surface area contributed by atoms with Crippen molar-refractivity contribution in [2.75, 3.05) is 5.32 Å². The van der Waals surface area contributed by atoms with Gasteiger partial charge in [0.2, 0.25) is 5.13 Å². The van der Waals surface area contributed by atoms with Gasteiger partial charge >= 0.3 is 0 Å². The number of anilines is 1. The van der Waals surface area contributed by atoms with Crippen molar-refractivity contribution in [3.8, 4) is 5.69 Å². The molecule has 10 heteroatoms. The Balaban J connectivity index is 1.82. The van der Waals surface area contributed by atoms with Crippen LogP contribution in [0.25, 0.3) is 5.69 Å². The molecule has 2 aromatic heterocycles. The van der Waals surface area contributed by atoms with E-state index >= 15 is 0 Å². The van der Waals surface area contributed by atoms with Gasteiger partial charge in [0.1, 0.15) is 10.7 Å². The summed E-state index contributed by atoms with van der Waals surface area (Å²) < 4.78 is 1.52. The summed E-state index contributed by atoms with van der Waals surface area (Å²) in [6, 6.07) is 4.27. The van der Waals surface area contributed by atoms with Gasteiger partial charge in [-0.2, -0.15) is 0 Å². The number of nitrogens with zero attached hydrogens (tertiary/aromatic N) is 5. The first-order valence-corrected chi connectivity index (χ1v) is 8.66. The molecule has 0 aliphatic carbocycles. The van der Waals surface area contributed by atoms with Crippen LogP contribution in [-0.4, -0.2) is 30.6 Å². The van der Waals surface area contributed by atoms with Gasteiger partial charge in [-0.25, -0.2) is 4.98 Å². The first-order valence-electron chi connectivity index (χ1n) is 7.84. The first-order chi connectivity index (χ1) is 12.4. The van der Waals surface area contributed by atoms with Crippen molar-refractivity contribution in [2.45, 2.75) is 20.3 Å². The molecule has 0 aliphatic heterocycles. The predicted molar refractivity (Wildman–Crippen MR) is 96.6 cm³/mol. The third kappa shape index (κ3) is 3.91. The summed E-state index contributed by atoms with van der Waals surface area (Å²) in [5.41, 5.74) is 0.314. The van der Waals surface area contributed by atoms with Crippen molar-refractivity contribution in [3.05, 3.63) is 57.6 Å². The summed E-state index contributed by atoms with van der Waals surface area (Å²) in [6.45, 7) is 4.14. The zero-order valence-electron chi connectivity index (χ0n) is 14.1. The van der Waals surface area contributed by atoms with Gasteiger partial charge in [-0.15, -0.1) is 10.2 Å². The minimum Gasteiger partial charge on any atom is -0.300 e. The zero-order valence-corrected chi connectivity index (χ0v) is 14.9. The van der Waals surface area contributed by atoms with Gasteiger partial charge in [0.15, 0.2) is 0 Å². The van der Waals surface area contributed by atoms with E-state index in [9.17, 15) is 14.9 Å². The maximum Gasteiger partial charge on any atom is 0.294 e. The van der Waals surface area contributed by atoms with Crippen LogP contribution >= 0.6 is 11.3 Å². The van der Waals surface area contributed by atoms with Crippen molar-refractivity contribution in [1.82, 2.24) is 19.7 Å². The molecule has 0 saturated carbocycles. The number of carbonyl (C=O) groups is 1. The highest BCUT2D eigenvalue weighted by molar-refractivity contribution is 7.15. The maximum absolute atomic E-state index is 12.4. The highest BCUT2D eigenvalue weighted by atomic mass is 32.1. The standard InChI is InChI=1S/C16H16N6O3S/c1-10(2)7-14-19-20-16(26-14)18-15(23)11-3-4-12(13(8-11)22(24)25)21-6-5-17-9-21/h3-6,8-10H,7H2,1-2H3,(H,18,20,23). The molecular formula is C16H16N6O3S. The largest absolute Gasteiger partial charge is 0.300 e. The summed E-state index contributed by atoms with van der Waals surface area (Å²) in [4.78, 5) is 27.1. The minimum atomic E-state index is -0.530. The van der Waals surface area contributed by atoms with Gasteiger partial charge in [0.25, 0.3) is 11.6 Å². The molecule has 0 spiro atoms. The van der Waals surface area contributed by atoms with E-state index in [0.717, 1.165) is 11.4 Å². The number of amides is 1. The quantitative estimate of drug-likeness (QED) is 0.525. The number of aromatic nitrogens is 4. The Kier molecular flexibility index (Phi) is 5.03. The van der Waals surface area contributed by atoms with Gasteiger partial charge < -0.3 is 4.57 Å². The molecule has 3 rings (SSSR count). The number of benzene rings is 1. The molecular weight excluding hydrogens is 356 g/mol. The number of carbonyl (C=O) groups excluding carboxylic acids is 1. The normalized spacial score (nSPS) is 10.9. The summed E-state index contributed by atoms with van der Waals surface area (Å²) in [6.07, 6.45) is 5.35. The average Bonchev–Trinajstić information content (AvgIpc) is 3.25. The number of nitrogens with one attached hydrogen (secondary N) is 1. The SMILES string of the molecule is CC(C)Cc1nnc(NC(=O)c2ccc(-n3ccnc3)c([N+](=O)[O-])c2)s1. The Bertz CT molecular complexity index is 935. The van der Waals surface area contributed by atoms with Crippen LogP contribution in [0, 0.1) is 16.0 Å². The van der Waals surface area contributed by atoms with Crippen molar-refractivity contribution < 1.29 is 9.72 Å². The van der Waals surface area contributed by atoms with E-state index in [-0.39, 0.29) is 11.3 Å². The second-order valence-electron chi connectivity index (χ2n) is 5.98. The lowest BCUT2D eigenvalue weighted by Crippen LogP contribution is -2.12. The third-order valence-corrected chi connectivity index (χ3v) is 4.35. The number of hydrogen-bond donors (Lipinski definition) is 1. The van der Waals surface area contributed by atoms with Crippen molar-refractivity contribution in [3.63, 3.8) is 0 Å². The van der Waals surface area contributed by atoms with Gasteiger partial charge in [-0.3, -0.25) is 20.2 Å². The third-order valence-electron chi connectivity index (χ3n) is 3.49. The number of rotatable bonds is 6. The molecule has 134 valence electrons. The van der Waals surface area contributed by atoms with Crippen molar-refractivity contribution in [2.24, 2.45) is 5.92 Å². The number of hydrogen-bond acceptors (Lipinski definition) is 7. The summed E-state index contributed by atoms with van der Waals surface area (Å²) in [7, 11) is 0. The summed E-state index contributed by atoms with van der Waals surface area (Å²) >= 11 is 1.30. The first kappa shape index (κ1) is 17.7. The fourth-order valence-corrected chi connectivity index (χ4v) is 3.28. The van der Waals surface area contributed by atoms with Crippen LogP contribution in [0.3, 0.4) is 0 Å². The second-order valence-corrected chi connectivity index (χ2v) is 7.05. The monoisotopic (exact) mass is 372 g/mol. The highest BCUT2D eigenvalue weighted by Crippen LogP contribution is 2.25. The van der Waals surface area contributed by atoms with E-state index in [1.165, 1.54) is 46.6 Å². The summed E-state index contributed by atoms with van der Waals surface area (Å²) in [5.74, 6) is -0.0394. The molecule has 1 aromatic carbocycles. The Morgan fingerprint density at radius 3 is 2.85 bits per heavy atom. The molecule has 1 N–H and O–H groups in total. The number of nitro groups is 1. The number of nitro benzene ring substituents is 1. The van der Waals surface area contributed by atoms with Crippen LogP contribution in [0.15, 0.2) is 36.9 Å². The van der Waals surface area contributed by atoms with E-state index < -0.39 is 10.8 Å². The van der Waals surface area contributed by atoms with Crippen LogP contribution in [0.1, 0.15) is 29.2 Å². The topological polar surface area (TPSA) is 116 Å². The van der Waals surface area contributed by atoms with E-state index in [1.807, 2.05) is 0 Å². The number of imidazole rings is 1. The van der Waals surface area contributed by atoms with E-state index in [0.29, 0.717) is 16.7 Å². The Labute approximate surface area is 152 Å². The minimum absolute atomic E-state index is 0.168. The fraction of sp³-hybridized carbons (Fsp3) is 0.250. The molecule has 0 fully saturated rings. The Morgan fingerprint density at radius 1 is 1.38 bits per heavy atom. The lowest BCUT2D eigenvalue weighted by molar-refractivity contribution is -0.384. The zero-order chi connectivity index (χ0) is 18.7. The smallest absolute Gasteiger partial charge is 0.294 e. The van der Waals surface area contributed by atoms with Crippen LogP contribution in [0.4, 0.5) is 10.8 Å². The molecule has 2 heterocycles. The molecule has 0 unspecified atom stereocenters. The Morgan fingerprint density at radius 2 is 2.19 bits per heavy atom. The van der Waals surface area contributed by atoms with Crippen molar-refractivity contribution >= 4 is 28.1 Å². The van der Waals surface area contributed by atoms with E-state index in [4.69, 9.17) is 0 Å². The van der Waals surface area contributed by atoms with Crippen LogP contribution in [0.2, 0.25) is 0 Å². The lowest BCUT2D eigenvalue weighted by atomic mass is 10.1. The molecule has 1 amide bonds. The average molecular weight is 372 g/mol. The Hall–Kier alpha value is -3.14. The molecule has 0 bridgehead atoms. The van der Waals surface area contributed by atoms with E-state index in [2.05, 4.69) is 34.3 Å². The molecule has 0 aliphatic rings. The van der Waals surface area contributed by atoms with Gasteiger partial charge in [0.05, 0.1) is 11.3 Å². The van der Waals surface area contributed by atoms with Gasteiger partial charge in [0, 0.05) is 30.4 Å². The molecule has 26 heavy (non-hydrogen) atoms. The molecule has 9 nitrogen and oxygen atoms in total. The highest BCUT2D eigenvalue weighted by Gasteiger charge is 2.19. The second kappa shape index (κ2) is 7.40. The van der Waals surface area contributed by atoms with E-state index in [1.54, 1.807) is 6.20 Å². The lowest BCUT2D eigenvalue weighted by Gasteiger charge is -2.06. The molecule has 0 atom stereocenters. The van der Waals surface area contributed by atoms with Crippen LogP contribution in [0.5, 0.6) is 0 Å². The van der Waals surface area contributed by atoms with Crippen LogP contribution in [-0.2, 0) is 6.42 Å². The fourth-order valence-electron chi connectivity index (χ4n) is 2.34.